The molecule has 1 spiro atoms. The molecular weight excluding hydrogens is 556 g/mol. The van der Waals surface area contributed by atoms with Gasteiger partial charge >= 0.3 is 6.09 Å². The number of amides is 2. The van der Waals surface area contributed by atoms with Crippen LogP contribution in [0.4, 0.5) is 25.1 Å². The van der Waals surface area contributed by atoms with E-state index in [9.17, 15) is 14.0 Å². The predicted molar refractivity (Wildman–Crippen MR) is 144 cm³/mol. The molecule has 2 N–H and O–H groups in total. The summed E-state index contributed by atoms with van der Waals surface area (Å²) >= 11 is 6.03. The number of fused-ring (bicyclic) bond motifs is 2. The first-order valence-electron chi connectivity index (χ1n) is 12.9. The van der Waals surface area contributed by atoms with Gasteiger partial charge in [-0.2, -0.15) is 10.4 Å². The molecule has 1 aromatic heterocycles. The second-order valence-corrected chi connectivity index (χ2v) is 10.9. The maximum absolute atomic E-state index is 15.1. The number of carbonyl (C=O) groups is 2. The minimum Gasteiger partial charge on any atom is -0.436 e. The first kappa shape index (κ1) is 26.9. The molecule has 2 amide bonds. The molecule has 13 heteroatoms. The zero-order chi connectivity index (χ0) is 28.8. The van der Waals surface area contributed by atoms with Crippen molar-refractivity contribution in [3.05, 3.63) is 81.8 Å². The SMILES string of the molecule is N#CC1(F)CN(Cc2ccc(CNC(=O)c3cnnc(N4CC[C@]5(C4)OC(=O)Nc4ccc(Cl)c(F)c45)c3)cc2)C1. The quantitative estimate of drug-likeness (QED) is 0.450. The molecule has 3 aromatic rings. The lowest BCUT2D eigenvalue weighted by Crippen LogP contribution is -2.57. The van der Waals surface area contributed by atoms with E-state index in [2.05, 4.69) is 20.8 Å². The topological polar surface area (TPSA) is 123 Å². The number of ether oxygens (including phenoxy) is 1. The van der Waals surface area contributed by atoms with Crippen LogP contribution in [0, 0.1) is 17.1 Å². The standard InChI is InChI=1S/C28H24ClF2N7O3/c29-20-5-6-21-23(24(20)30)28(41-26(40)35-21)7-8-38(16-28)22-9-19(11-34-36-22)25(39)33-10-17-1-3-18(4-2-17)12-37-14-27(31,13-32)15-37/h1-6,9,11H,7-8,10,12,14-16H2,(H,33,39)(H,35,40)/t28-/m1/s1. The van der Waals surface area contributed by atoms with Crippen LogP contribution in [0.5, 0.6) is 0 Å². The number of hydrogen-bond acceptors (Lipinski definition) is 8. The van der Waals surface area contributed by atoms with Crippen LogP contribution in [0.3, 0.4) is 0 Å². The van der Waals surface area contributed by atoms with Gasteiger partial charge in [0.2, 0.25) is 5.67 Å². The summed E-state index contributed by atoms with van der Waals surface area (Å²) in [6, 6.07) is 13.8. The highest BCUT2D eigenvalue weighted by atomic mass is 35.5. The van der Waals surface area contributed by atoms with Gasteiger partial charge in [0.1, 0.15) is 6.07 Å². The Hall–Kier alpha value is -4.34. The number of nitriles is 1. The minimum atomic E-state index is -1.75. The Morgan fingerprint density at radius 1 is 1.20 bits per heavy atom. The third kappa shape index (κ3) is 5.14. The van der Waals surface area contributed by atoms with Crippen LogP contribution >= 0.6 is 11.6 Å². The van der Waals surface area contributed by atoms with Crippen molar-refractivity contribution in [2.45, 2.75) is 30.8 Å². The smallest absolute Gasteiger partial charge is 0.412 e. The third-order valence-corrected chi connectivity index (χ3v) is 7.86. The first-order chi connectivity index (χ1) is 19.7. The van der Waals surface area contributed by atoms with Gasteiger partial charge in [0.25, 0.3) is 5.91 Å². The lowest BCUT2D eigenvalue weighted by atomic mass is 9.89. The molecule has 0 saturated carbocycles. The van der Waals surface area contributed by atoms with Crippen molar-refractivity contribution < 1.29 is 23.1 Å². The van der Waals surface area contributed by atoms with Gasteiger partial charge in [-0.1, -0.05) is 35.9 Å². The third-order valence-electron chi connectivity index (χ3n) is 7.57. The highest BCUT2D eigenvalue weighted by Gasteiger charge is 2.50. The molecule has 10 nitrogen and oxygen atoms in total. The number of nitrogens with zero attached hydrogens (tertiary/aromatic N) is 5. The number of aromatic nitrogens is 2. The van der Waals surface area contributed by atoms with Crippen LogP contribution in [-0.2, 0) is 23.4 Å². The van der Waals surface area contributed by atoms with Crippen molar-refractivity contribution in [1.29, 1.82) is 5.26 Å². The van der Waals surface area contributed by atoms with Crippen LogP contribution in [0.25, 0.3) is 0 Å². The molecular formula is C28H24ClF2N7O3. The van der Waals surface area contributed by atoms with Gasteiger partial charge in [0.05, 0.1) is 34.6 Å². The van der Waals surface area contributed by atoms with Crippen molar-refractivity contribution in [2.75, 3.05) is 36.4 Å². The highest BCUT2D eigenvalue weighted by Crippen LogP contribution is 2.46. The molecule has 0 radical (unpaired) electrons. The summed E-state index contributed by atoms with van der Waals surface area (Å²) in [5.74, 6) is -0.622. The molecule has 41 heavy (non-hydrogen) atoms. The molecule has 4 heterocycles. The van der Waals surface area contributed by atoms with Gasteiger partial charge in [0.15, 0.2) is 17.2 Å². The van der Waals surface area contributed by atoms with Gasteiger partial charge in [-0.3, -0.25) is 15.0 Å². The maximum Gasteiger partial charge on any atom is 0.412 e. The predicted octanol–water partition coefficient (Wildman–Crippen LogP) is 3.91. The van der Waals surface area contributed by atoms with E-state index in [0.29, 0.717) is 31.0 Å². The number of likely N-dealkylation sites (tertiary alicyclic amines) is 1. The summed E-state index contributed by atoms with van der Waals surface area (Å²) in [5.41, 5.74) is -0.386. The lowest BCUT2D eigenvalue weighted by Gasteiger charge is -2.39. The molecule has 0 unspecified atom stereocenters. The van der Waals surface area contributed by atoms with Crippen LogP contribution in [0.2, 0.25) is 5.02 Å². The van der Waals surface area contributed by atoms with E-state index in [-0.39, 0.29) is 48.2 Å². The van der Waals surface area contributed by atoms with Gasteiger partial charge in [-0.15, -0.1) is 5.10 Å². The molecule has 0 bridgehead atoms. The molecule has 210 valence electrons. The molecule has 2 fully saturated rings. The van der Waals surface area contributed by atoms with E-state index in [4.69, 9.17) is 21.6 Å². The van der Waals surface area contributed by atoms with Gasteiger partial charge in [-0.25, -0.2) is 13.6 Å². The monoisotopic (exact) mass is 579 g/mol. The summed E-state index contributed by atoms with van der Waals surface area (Å²) in [6.07, 6.45) is 0.963. The number of hydrogen-bond donors (Lipinski definition) is 2. The second kappa shape index (κ2) is 10.2. The van der Waals surface area contributed by atoms with Crippen LogP contribution in [-0.4, -0.2) is 58.9 Å². The molecule has 3 aliphatic heterocycles. The molecule has 3 aliphatic rings. The van der Waals surface area contributed by atoms with Crippen molar-refractivity contribution in [1.82, 2.24) is 20.4 Å². The fraction of sp³-hybridized carbons (Fsp3) is 0.321. The fourth-order valence-corrected chi connectivity index (χ4v) is 5.67. The Morgan fingerprint density at radius 3 is 2.71 bits per heavy atom. The average Bonchev–Trinajstić information content (AvgIpc) is 3.37. The maximum atomic E-state index is 15.1. The number of rotatable bonds is 6. The summed E-state index contributed by atoms with van der Waals surface area (Å²) < 4.78 is 34.5. The van der Waals surface area contributed by atoms with Crippen LogP contribution in [0.15, 0.2) is 48.7 Å². The largest absolute Gasteiger partial charge is 0.436 e. The average molecular weight is 580 g/mol. The van der Waals surface area contributed by atoms with Gasteiger partial charge in [-0.05, 0) is 29.3 Å². The van der Waals surface area contributed by atoms with Crippen molar-refractivity contribution in [3.8, 4) is 6.07 Å². The van der Waals surface area contributed by atoms with Crippen LogP contribution < -0.4 is 15.5 Å². The molecule has 1 atom stereocenters. The number of alkyl halides is 1. The fourth-order valence-electron chi connectivity index (χ4n) is 5.51. The van der Waals surface area contributed by atoms with Gasteiger partial charge in [0, 0.05) is 39.1 Å². The number of carbonyl (C=O) groups excluding carboxylic acids is 2. The zero-order valence-electron chi connectivity index (χ0n) is 21.7. The summed E-state index contributed by atoms with van der Waals surface area (Å²) in [4.78, 5) is 28.8. The molecule has 2 aromatic carbocycles. The van der Waals surface area contributed by atoms with E-state index in [0.717, 1.165) is 11.1 Å². The minimum absolute atomic E-state index is 0.0750. The summed E-state index contributed by atoms with van der Waals surface area (Å²) in [6.45, 7) is 1.51. The molecule has 6 rings (SSSR count). The van der Waals surface area contributed by atoms with Crippen molar-refractivity contribution >= 4 is 35.1 Å². The van der Waals surface area contributed by atoms with Crippen LogP contribution in [0.1, 0.15) is 33.5 Å². The lowest BCUT2D eigenvalue weighted by molar-refractivity contribution is 0.00564. The van der Waals surface area contributed by atoms with Crippen molar-refractivity contribution in [3.63, 3.8) is 0 Å². The zero-order valence-corrected chi connectivity index (χ0v) is 22.4. The highest BCUT2D eigenvalue weighted by molar-refractivity contribution is 6.31. The number of halogens is 3. The van der Waals surface area contributed by atoms with E-state index < -0.39 is 23.2 Å². The molecule has 0 aliphatic carbocycles. The Kier molecular flexibility index (Phi) is 6.71. The number of nitrogens with one attached hydrogen (secondary N) is 2. The van der Waals surface area contributed by atoms with E-state index in [1.807, 2.05) is 29.2 Å². The summed E-state index contributed by atoms with van der Waals surface area (Å²) in [7, 11) is 0. The van der Waals surface area contributed by atoms with Crippen molar-refractivity contribution in [2.24, 2.45) is 0 Å². The van der Waals surface area contributed by atoms with Gasteiger partial charge < -0.3 is 15.0 Å². The Bertz CT molecular complexity index is 1580. The Morgan fingerprint density at radius 2 is 1.95 bits per heavy atom. The normalized spacial score (nSPS) is 20.9. The second-order valence-electron chi connectivity index (χ2n) is 10.5. The van der Waals surface area contributed by atoms with E-state index in [1.165, 1.54) is 12.3 Å². The summed E-state index contributed by atoms with van der Waals surface area (Å²) in [5, 5.41) is 22.2. The van der Waals surface area contributed by atoms with E-state index in [1.54, 1.807) is 23.1 Å². The number of anilines is 2. The number of benzene rings is 2. The Labute approximate surface area is 238 Å². The Balaban J connectivity index is 1.09. The van der Waals surface area contributed by atoms with E-state index >= 15 is 4.39 Å². The first-order valence-corrected chi connectivity index (χ1v) is 13.3. The molecule has 2 saturated heterocycles.